The number of esters is 1. The lowest BCUT2D eigenvalue weighted by molar-refractivity contribution is -0.136. The van der Waals surface area contributed by atoms with Crippen molar-refractivity contribution in [2.75, 3.05) is 6.35 Å². The number of carbonyl (C=O) groups is 1. The van der Waals surface area contributed by atoms with E-state index in [2.05, 4.69) is 4.74 Å². The van der Waals surface area contributed by atoms with Gasteiger partial charge in [-0.1, -0.05) is 23.8 Å². The van der Waals surface area contributed by atoms with Crippen molar-refractivity contribution >= 4 is 19.6 Å². The zero-order valence-corrected chi connectivity index (χ0v) is 12.1. The molecular weight excluding hydrogens is 297 g/mol. The van der Waals surface area contributed by atoms with Crippen LogP contribution in [-0.2, 0) is 20.7 Å². The minimum Gasteiger partial charge on any atom is -0.449 e. The minimum absolute atomic E-state index is 0.275. The molecule has 0 bridgehead atoms. The first-order valence-electron chi connectivity index (χ1n) is 5.80. The van der Waals surface area contributed by atoms with Crippen LogP contribution < -0.4 is 0 Å². The lowest BCUT2D eigenvalue weighted by atomic mass is 10.0. The van der Waals surface area contributed by atoms with Crippen LogP contribution in [0.5, 0.6) is 0 Å². The molecule has 0 aliphatic heterocycles. The van der Waals surface area contributed by atoms with Gasteiger partial charge in [-0.3, -0.25) is 4.57 Å². The SMILES string of the molecule is Cc1ccc(CO)c(/C=C(\C#N)C(=O)OCP(=O)(O)O)c1. The predicted octanol–water partition coefficient (Wildman–Crippen LogP) is 1.07. The Balaban J connectivity index is 3.05. The van der Waals surface area contributed by atoms with Crippen molar-refractivity contribution in [3.63, 3.8) is 0 Å². The van der Waals surface area contributed by atoms with Crippen molar-refractivity contribution in [2.45, 2.75) is 13.5 Å². The van der Waals surface area contributed by atoms with Gasteiger partial charge in [0.25, 0.3) is 0 Å². The number of aryl methyl sites for hydroxylation is 1. The van der Waals surface area contributed by atoms with Gasteiger partial charge in [0.1, 0.15) is 11.6 Å². The number of carbonyl (C=O) groups excluding carboxylic acids is 1. The summed E-state index contributed by atoms with van der Waals surface area (Å²) in [7, 11) is -4.50. The van der Waals surface area contributed by atoms with E-state index in [0.717, 1.165) is 5.56 Å². The van der Waals surface area contributed by atoms with Crippen LogP contribution in [-0.4, -0.2) is 27.2 Å². The Labute approximate surface area is 121 Å². The average Bonchev–Trinajstić information content (AvgIpc) is 2.41. The molecule has 1 rings (SSSR count). The first kappa shape index (κ1) is 17.1. The van der Waals surface area contributed by atoms with E-state index in [1.165, 1.54) is 6.08 Å². The van der Waals surface area contributed by atoms with Crippen LogP contribution in [0.4, 0.5) is 0 Å². The largest absolute Gasteiger partial charge is 0.449 e. The Kier molecular flexibility index (Phi) is 5.82. The smallest absolute Gasteiger partial charge is 0.362 e. The van der Waals surface area contributed by atoms with E-state index in [9.17, 15) is 14.5 Å². The molecule has 0 fully saturated rings. The Morgan fingerprint density at radius 3 is 2.67 bits per heavy atom. The van der Waals surface area contributed by atoms with Crippen LogP contribution >= 0.6 is 7.60 Å². The molecule has 3 N–H and O–H groups in total. The van der Waals surface area contributed by atoms with E-state index >= 15 is 0 Å². The summed E-state index contributed by atoms with van der Waals surface area (Å²) < 4.78 is 15.0. The lowest BCUT2D eigenvalue weighted by Crippen LogP contribution is -2.08. The highest BCUT2D eigenvalue weighted by atomic mass is 31.2. The first-order chi connectivity index (χ1) is 9.76. The number of aliphatic hydroxyl groups is 1. The number of nitrogens with zero attached hydrogens (tertiary/aromatic N) is 1. The van der Waals surface area contributed by atoms with Crippen molar-refractivity contribution in [3.8, 4) is 6.07 Å². The zero-order valence-electron chi connectivity index (χ0n) is 11.2. The predicted molar refractivity (Wildman–Crippen MR) is 73.7 cm³/mol. The Morgan fingerprint density at radius 2 is 2.14 bits per heavy atom. The summed E-state index contributed by atoms with van der Waals surface area (Å²) >= 11 is 0. The van der Waals surface area contributed by atoms with Gasteiger partial charge in [0, 0.05) is 0 Å². The molecule has 1 aromatic carbocycles. The second-order valence-corrected chi connectivity index (χ2v) is 5.84. The molecule has 0 heterocycles. The maximum absolute atomic E-state index is 11.6. The third kappa shape index (κ3) is 5.50. The van der Waals surface area contributed by atoms with Crippen LogP contribution in [0.3, 0.4) is 0 Å². The third-order valence-corrected chi connectivity index (χ3v) is 2.94. The number of rotatable bonds is 5. The maximum atomic E-state index is 11.6. The number of ether oxygens (including phenoxy) is 1. The number of hydrogen-bond acceptors (Lipinski definition) is 5. The molecule has 1 aromatic rings. The van der Waals surface area contributed by atoms with Gasteiger partial charge in [-0.15, -0.1) is 0 Å². The molecule has 0 aliphatic rings. The van der Waals surface area contributed by atoms with Crippen molar-refractivity contribution in [1.29, 1.82) is 5.26 Å². The summed E-state index contributed by atoms with van der Waals surface area (Å²) in [6, 6.07) is 6.69. The molecule has 7 nitrogen and oxygen atoms in total. The van der Waals surface area contributed by atoms with Gasteiger partial charge in [0.2, 0.25) is 0 Å². The summed E-state index contributed by atoms with van der Waals surface area (Å²) in [5, 5.41) is 18.2. The van der Waals surface area contributed by atoms with Gasteiger partial charge in [-0.25, -0.2) is 4.79 Å². The van der Waals surface area contributed by atoms with Gasteiger partial charge in [0.05, 0.1) is 6.61 Å². The number of benzene rings is 1. The molecule has 0 aromatic heterocycles. The third-order valence-electron chi connectivity index (χ3n) is 2.48. The minimum atomic E-state index is -4.50. The average molecular weight is 311 g/mol. The molecule has 112 valence electrons. The van der Waals surface area contributed by atoms with Crippen LogP contribution in [0.15, 0.2) is 23.8 Å². The van der Waals surface area contributed by atoms with Gasteiger partial charge in [-0.2, -0.15) is 5.26 Å². The summed E-state index contributed by atoms with van der Waals surface area (Å²) in [6.07, 6.45) is 0.117. The summed E-state index contributed by atoms with van der Waals surface area (Å²) in [5.74, 6) is -1.13. The molecule has 0 amide bonds. The van der Waals surface area contributed by atoms with Crippen molar-refractivity contribution < 1.29 is 29.0 Å². The van der Waals surface area contributed by atoms with Crippen LogP contribution in [0, 0.1) is 18.3 Å². The summed E-state index contributed by atoms with van der Waals surface area (Å²) in [4.78, 5) is 28.8. The fraction of sp³-hybridized carbons (Fsp3) is 0.231. The summed E-state index contributed by atoms with van der Waals surface area (Å²) in [5.41, 5.74) is 1.42. The highest BCUT2D eigenvalue weighted by molar-refractivity contribution is 7.51. The molecule has 0 atom stereocenters. The van der Waals surface area contributed by atoms with Crippen molar-refractivity contribution in [1.82, 2.24) is 0 Å². The van der Waals surface area contributed by atoms with Crippen LogP contribution in [0.1, 0.15) is 16.7 Å². The van der Waals surface area contributed by atoms with E-state index in [4.69, 9.17) is 15.0 Å². The topological polar surface area (TPSA) is 128 Å². The standard InChI is InChI=1S/C13H14NO6P/c1-9-2-3-10(7-15)11(4-9)5-12(6-14)13(16)20-8-21(17,18)19/h2-5,15H,7-8H2,1H3,(H2,17,18,19)/b12-5+. The van der Waals surface area contributed by atoms with Gasteiger partial charge >= 0.3 is 13.6 Å². The lowest BCUT2D eigenvalue weighted by Gasteiger charge is -2.07. The normalized spacial score (nSPS) is 11.9. The molecule has 0 radical (unpaired) electrons. The molecule has 21 heavy (non-hydrogen) atoms. The molecule has 8 heteroatoms. The van der Waals surface area contributed by atoms with Gasteiger partial charge < -0.3 is 19.6 Å². The molecule has 0 unspecified atom stereocenters. The van der Waals surface area contributed by atoms with E-state index < -0.39 is 25.5 Å². The Morgan fingerprint density at radius 1 is 1.48 bits per heavy atom. The molecular formula is C13H14NO6P. The fourth-order valence-corrected chi connectivity index (χ4v) is 1.79. The van der Waals surface area contributed by atoms with Crippen LogP contribution in [0.2, 0.25) is 0 Å². The number of aliphatic hydroxyl groups excluding tert-OH is 1. The molecule has 0 aliphatic carbocycles. The maximum Gasteiger partial charge on any atom is 0.362 e. The first-order valence-corrected chi connectivity index (χ1v) is 7.60. The van der Waals surface area contributed by atoms with Crippen molar-refractivity contribution in [2.24, 2.45) is 0 Å². The highest BCUT2D eigenvalue weighted by Crippen LogP contribution is 2.34. The summed E-state index contributed by atoms with van der Waals surface area (Å²) in [6.45, 7) is 1.53. The Bertz CT molecular complexity index is 655. The fourth-order valence-electron chi connectivity index (χ4n) is 1.51. The van der Waals surface area contributed by atoms with E-state index in [1.807, 2.05) is 0 Å². The van der Waals surface area contributed by atoms with E-state index in [1.54, 1.807) is 31.2 Å². The van der Waals surface area contributed by atoms with Crippen molar-refractivity contribution in [3.05, 3.63) is 40.5 Å². The van der Waals surface area contributed by atoms with Gasteiger partial charge in [-0.05, 0) is 24.1 Å². The highest BCUT2D eigenvalue weighted by Gasteiger charge is 2.19. The quantitative estimate of drug-likeness (QED) is 0.321. The second-order valence-electron chi connectivity index (χ2n) is 4.26. The number of nitriles is 1. The van der Waals surface area contributed by atoms with Gasteiger partial charge in [0.15, 0.2) is 6.35 Å². The van der Waals surface area contributed by atoms with Crippen LogP contribution in [0.25, 0.3) is 6.08 Å². The number of hydrogen-bond donors (Lipinski definition) is 3. The second kappa shape index (κ2) is 7.16. The molecule has 0 saturated heterocycles. The molecule has 0 spiro atoms. The monoisotopic (exact) mass is 311 g/mol. The van der Waals surface area contributed by atoms with E-state index in [0.29, 0.717) is 11.1 Å². The Hall–Kier alpha value is -1.97. The molecule has 0 saturated carbocycles. The van der Waals surface area contributed by atoms with E-state index in [-0.39, 0.29) is 6.61 Å². The zero-order chi connectivity index (χ0) is 16.0.